The van der Waals surface area contributed by atoms with Gasteiger partial charge in [-0.2, -0.15) is 0 Å². The molecular formula is C27H23N2NaO5. The molecule has 0 bridgehead atoms. The number of carboxylic acids is 1. The van der Waals surface area contributed by atoms with E-state index in [1.54, 1.807) is 43.6 Å². The van der Waals surface area contributed by atoms with E-state index in [2.05, 4.69) is 10.3 Å². The Labute approximate surface area is 225 Å². The summed E-state index contributed by atoms with van der Waals surface area (Å²) in [6.07, 6.45) is 3.11. The van der Waals surface area contributed by atoms with E-state index in [-0.39, 0.29) is 40.8 Å². The van der Waals surface area contributed by atoms with Gasteiger partial charge in [0.25, 0.3) is 5.91 Å². The molecule has 7 nitrogen and oxygen atoms in total. The van der Waals surface area contributed by atoms with E-state index in [0.29, 0.717) is 28.2 Å². The molecule has 1 amide bonds. The van der Waals surface area contributed by atoms with Crippen LogP contribution in [0.4, 0.5) is 5.69 Å². The van der Waals surface area contributed by atoms with E-state index in [1.165, 1.54) is 19.4 Å². The van der Waals surface area contributed by atoms with Crippen LogP contribution in [0.25, 0.3) is 22.3 Å². The number of aromatic carboxylic acids is 1. The predicted octanol–water partition coefficient (Wildman–Crippen LogP) is 4.73. The van der Waals surface area contributed by atoms with Gasteiger partial charge in [-0.3, -0.25) is 9.78 Å². The van der Waals surface area contributed by atoms with E-state index < -0.39 is 11.9 Å². The van der Waals surface area contributed by atoms with E-state index in [4.69, 9.17) is 9.47 Å². The summed E-state index contributed by atoms with van der Waals surface area (Å²) in [4.78, 5) is 29.1. The van der Waals surface area contributed by atoms with Crippen molar-refractivity contribution in [3.8, 4) is 33.8 Å². The summed E-state index contributed by atoms with van der Waals surface area (Å²) in [7, 11) is 3.07. The minimum absolute atomic E-state index is 0. The van der Waals surface area contributed by atoms with Crippen molar-refractivity contribution in [3.63, 3.8) is 0 Å². The molecule has 1 heterocycles. The minimum atomic E-state index is -1.16. The molecule has 0 saturated heterocycles. The Hall–Kier alpha value is -3.65. The normalized spacial score (nSPS) is 10.1. The number of carboxylic acid groups (broad SMARTS) is 1. The van der Waals surface area contributed by atoms with Gasteiger partial charge in [0.2, 0.25) is 0 Å². The number of rotatable bonds is 7. The zero-order valence-electron chi connectivity index (χ0n) is 18.6. The third-order valence-electron chi connectivity index (χ3n) is 5.32. The number of amides is 1. The zero-order valence-corrected chi connectivity index (χ0v) is 18.6. The number of ether oxygens (including phenoxy) is 2. The number of para-hydroxylation sites is 1. The molecule has 2 N–H and O–H groups in total. The van der Waals surface area contributed by atoms with Gasteiger partial charge in [-0.25, -0.2) is 4.79 Å². The number of nitrogens with zero attached hydrogens (tertiary/aromatic N) is 1. The maximum absolute atomic E-state index is 13.1. The van der Waals surface area contributed by atoms with Crippen molar-refractivity contribution in [3.05, 3.63) is 96.3 Å². The Morgan fingerprint density at radius 1 is 0.829 bits per heavy atom. The summed E-state index contributed by atoms with van der Waals surface area (Å²) in [6.45, 7) is 0. The van der Waals surface area contributed by atoms with Gasteiger partial charge in [0, 0.05) is 23.5 Å². The summed E-state index contributed by atoms with van der Waals surface area (Å²) >= 11 is 0. The first-order chi connectivity index (χ1) is 16.5. The van der Waals surface area contributed by atoms with Crippen LogP contribution in [-0.2, 0) is 0 Å². The zero-order chi connectivity index (χ0) is 24.1. The quantitative estimate of drug-likeness (QED) is 0.373. The number of benzene rings is 3. The third-order valence-corrected chi connectivity index (χ3v) is 5.32. The molecule has 0 aliphatic carbocycles. The van der Waals surface area contributed by atoms with E-state index >= 15 is 0 Å². The summed E-state index contributed by atoms with van der Waals surface area (Å²) in [5.74, 6) is -0.583. The molecule has 0 unspecified atom stereocenters. The number of pyridine rings is 1. The van der Waals surface area contributed by atoms with Gasteiger partial charge in [0.05, 0.1) is 31.0 Å². The van der Waals surface area contributed by atoms with Crippen LogP contribution in [0.3, 0.4) is 0 Å². The van der Waals surface area contributed by atoms with Gasteiger partial charge in [0.15, 0.2) is 11.5 Å². The molecule has 0 saturated carbocycles. The Morgan fingerprint density at radius 3 is 2.29 bits per heavy atom. The van der Waals surface area contributed by atoms with Crippen LogP contribution in [0, 0.1) is 0 Å². The molecule has 0 spiro atoms. The van der Waals surface area contributed by atoms with Gasteiger partial charge in [-0.1, -0.05) is 48.5 Å². The fourth-order valence-electron chi connectivity index (χ4n) is 3.66. The van der Waals surface area contributed by atoms with Crippen LogP contribution in [0.2, 0.25) is 0 Å². The molecule has 35 heavy (non-hydrogen) atoms. The molecule has 4 rings (SSSR count). The number of aromatic nitrogens is 1. The summed E-state index contributed by atoms with van der Waals surface area (Å²) < 4.78 is 10.9. The molecule has 172 valence electrons. The number of hydrogen-bond acceptors (Lipinski definition) is 5. The average molecular weight is 478 g/mol. The standard InChI is InChI=1S/C27H22N2O5.Na.H/c1-33-24-10-6-9-21(25(24)34-2)18-11-12-22(27(31)32)23(14-18)29-26(30)20-13-19(15-28-16-20)17-7-4-3-5-8-17;;/h3-16H,1-2H3,(H,29,30)(H,31,32);;. The summed E-state index contributed by atoms with van der Waals surface area (Å²) in [6, 6.07) is 21.4. The van der Waals surface area contributed by atoms with Crippen molar-refractivity contribution in [1.82, 2.24) is 4.98 Å². The summed E-state index contributed by atoms with van der Waals surface area (Å²) in [5.41, 5.74) is 3.48. The maximum atomic E-state index is 13.1. The van der Waals surface area contributed by atoms with Gasteiger partial charge in [0.1, 0.15) is 0 Å². The Bertz CT molecular complexity index is 1360. The van der Waals surface area contributed by atoms with Gasteiger partial charge in [-0.05, 0) is 35.4 Å². The van der Waals surface area contributed by atoms with Crippen LogP contribution in [0.1, 0.15) is 20.7 Å². The molecule has 0 aliphatic rings. The molecule has 1 aromatic heterocycles. The van der Waals surface area contributed by atoms with Gasteiger partial charge >= 0.3 is 35.5 Å². The van der Waals surface area contributed by atoms with Crippen molar-refractivity contribution in [2.75, 3.05) is 19.5 Å². The Morgan fingerprint density at radius 2 is 1.60 bits per heavy atom. The predicted molar refractivity (Wildman–Crippen MR) is 137 cm³/mol. The Kier molecular flexibility index (Phi) is 8.65. The number of carbonyl (C=O) groups is 2. The molecular weight excluding hydrogens is 455 g/mol. The Balaban J connectivity index is 0.00000342. The molecule has 3 aromatic carbocycles. The van der Waals surface area contributed by atoms with Crippen LogP contribution in [0.5, 0.6) is 11.5 Å². The van der Waals surface area contributed by atoms with Gasteiger partial charge in [-0.15, -0.1) is 0 Å². The third kappa shape index (κ3) is 5.71. The first-order valence-corrected chi connectivity index (χ1v) is 10.4. The van der Waals surface area contributed by atoms with Crippen molar-refractivity contribution < 1.29 is 24.2 Å². The first kappa shape index (κ1) is 26.0. The number of anilines is 1. The van der Waals surface area contributed by atoms with Crippen LogP contribution < -0.4 is 14.8 Å². The van der Waals surface area contributed by atoms with Crippen molar-refractivity contribution >= 4 is 47.1 Å². The average Bonchev–Trinajstić information content (AvgIpc) is 2.88. The van der Waals surface area contributed by atoms with Crippen LogP contribution in [-0.4, -0.2) is 65.7 Å². The fraction of sp³-hybridized carbons (Fsp3) is 0.0741. The van der Waals surface area contributed by atoms with Gasteiger partial charge < -0.3 is 19.9 Å². The molecule has 4 aromatic rings. The topological polar surface area (TPSA) is 97.8 Å². The number of nitrogens with one attached hydrogen (secondary N) is 1. The first-order valence-electron chi connectivity index (χ1n) is 10.4. The van der Waals surface area contributed by atoms with Crippen molar-refractivity contribution in [2.45, 2.75) is 0 Å². The second kappa shape index (κ2) is 11.7. The fourth-order valence-corrected chi connectivity index (χ4v) is 3.66. The number of carbonyl (C=O) groups excluding carboxylic acids is 1. The number of hydrogen-bond donors (Lipinski definition) is 2. The second-order valence-corrected chi connectivity index (χ2v) is 7.39. The van der Waals surface area contributed by atoms with E-state index in [1.807, 2.05) is 36.4 Å². The molecule has 0 atom stereocenters. The van der Waals surface area contributed by atoms with Crippen LogP contribution in [0.15, 0.2) is 85.2 Å². The van der Waals surface area contributed by atoms with Crippen LogP contribution >= 0.6 is 0 Å². The molecule has 8 heteroatoms. The molecule has 0 fully saturated rings. The number of methoxy groups -OCH3 is 2. The van der Waals surface area contributed by atoms with E-state index in [9.17, 15) is 14.7 Å². The van der Waals surface area contributed by atoms with Crippen molar-refractivity contribution in [1.29, 1.82) is 0 Å². The second-order valence-electron chi connectivity index (χ2n) is 7.39. The molecule has 0 radical (unpaired) electrons. The summed E-state index contributed by atoms with van der Waals surface area (Å²) in [5, 5.41) is 12.4. The molecule has 0 aliphatic heterocycles. The monoisotopic (exact) mass is 478 g/mol. The van der Waals surface area contributed by atoms with Crippen molar-refractivity contribution in [2.24, 2.45) is 0 Å². The van der Waals surface area contributed by atoms with E-state index in [0.717, 1.165) is 11.1 Å². The SMILES string of the molecule is COc1cccc(-c2ccc(C(=O)O)c(NC(=O)c3cncc(-c4ccccc4)c3)c2)c1OC.[NaH].